The summed E-state index contributed by atoms with van der Waals surface area (Å²) in [5.74, 6) is 2.31. The third-order valence-corrected chi connectivity index (χ3v) is 5.15. The molecule has 0 spiro atoms. The molecule has 0 saturated carbocycles. The summed E-state index contributed by atoms with van der Waals surface area (Å²) >= 11 is 6.09. The summed E-state index contributed by atoms with van der Waals surface area (Å²) in [4.78, 5) is 11.2. The summed E-state index contributed by atoms with van der Waals surface area (Å²) < 4.78 is 8.06. The van der Waals surface area contributed by atoms with E-state index < -0.39 is 0 Å². The number of imidazole rings is 1. The highest BCUT2D eigenvalue weighted by atomic mass is 35.5. The number of para-hydroxylation sites is 2. The maximum Gasteiger partial charge on any atom is 0.206 e. The van der Waals surface area contributed by atoms with Crippen LogP contribution in [0.4, 0.5) is 5.95 Å². The van der Waals surface area contributed by atoms with E-state index in [4.69, 9.17) is 21.3 Å². The number of aromatic nitrogens is 3. The molecule has 25 heavy (non-hydrogen) atoms. The van der Waals surface area contributed by atoms with Gasteiger partial charge < -0.3 is 14.2 Å². The van der Waals surface area contributed by atoms with Crippen LogP contribution < -0.4 is 9.64 Å². The molecule has 0 aliphatic carbocycles. The molecule has 0 unspecified atom stereocenters. The fourth-order valence-corrected chi connectivity index (χ4v) is 3.58. The summed E-state index contributed by atoms with van der Waals surface area (Å²) in [6.45, 7) is 2.69. The number of benzene rings is 1. The first kappa shape index (κ1) is 16.2. The van der Waals surface area contributed by atoms with Gasteiger partial charge in [-0.05, 0) is 30.9 Å². The Morgan fingerprint density at radius 2 is 2.00 bits per heavy atom. The van der Waals surface area contributed by atoms with Gasteiger partial charge in [0.25, 0.3) is 0 Å². The summed E-state index contributed by atoms with van der Waals surface area (Å²) in [6, 6.07) is 10.1. The van der Waals surface area contributed by atoms with Gasteiger partial charge >= 0.3 is 0 Å². The molecule has 1 aliphatic rings. The molecule has 3 heterocycles. The lowest BCUT2D eigenvalue weighted by Crippen LogP contribution is -2.37. The third kappa shape index (κ3) is 3.29. The van der Waals surface area contributed by atoms with Crippen LogP contribution in [-0.2, 0) is 7.05 Å². The van der Waals surface area contributed by atoms with E-state index >= 15 is 0 Å². The minimum absolute atomic E-state index is 0.537. The van der Waals surface area contributed by atoms with Crippen molar-refractivity contribution in [2.75, 3.05) is 24.6 Å². The van der Waals surface area contributed by atoms with Gasteiger partial charge in [-0.1, -0.05) is 23.7 Å². The van der Waals surface area contributed by atoms with Crippen LogP contribution in [0.5, 0.6) is 5.75 Å². The molecule has 0 radical (unpaired) electrons. The first-order valence-electron chi connectivity index (χ1n) is 8.61. The molecular weight excluding hydrogens is 336 g/mol. The van der Waals surface area contributed by atoms with Crippen LogP contribution in [0.2, 0.25) is 5.02 Å². The average molecular weight is 357 g/mol. The molecule has 2 aromatic heterocycles. The SMILES string of the molecule is Cn1c(N2CCC(COc3ccncc3Cl)CC2)nc2ccccc21. The first-order chi connectivity index (χ1) is 12.2. The van der Waals surface area contributed by atoms with E-state index in [0.717, 1.165) is 43.1 Å². The predicted molar refractivity (Wildman–Crippen MR) is 100 cm³/mol. The Hall–Kier alpha value is -2.27. The predicted octanol–water partition coefficient (Wildman–Crippen LogP) is 3.92. The largest absolute Gasteiger partial charge is 0.492 e. The number of rotatable bonds is 4. The molecule has 130 valence electrons. The summed E-state index contributed by atoms with van der Waals surface area (Å²) in [6.07, 6.45) is 5.50. The minimum Gasteiger partial charge on any atom is -0.492 e. The normalized spacial score (nSPS) is 15.7. The van der Waals surface area contributed by atoms with E-state index in [0.29, 0.717) is 17.5 Å². The van der Waals surface area contributed by atoms with Gasteiger partial charge in [-0.15, -0.1) is 0 Å². The Morgan fingerprint density at radius 1 is 1.20 bits per heavy atom. The van der Waals surface area contributed by atoms with Crippen LogP contribution in [0.25, 0.3) is 11.0 Å². The third-order valence-electron chi connectivity index (χ3n) is 4.87. The van der Waals surface area contributed by atoms with E-state index in [1.54, 1.807) is 12.4 Å². The van der Waals surface area contributed by atoms with E-state index in [-0.39, 0.29) is 0 Å². The molecule has 5 nitrogen and oxygen atoms in total. The number of pyridine rings is 1. The monoisotopic (exact) mass is 356 g/mol. The minimum atomic E-state index is 0.537. The van der Waals surface area contributed by atoms with Gasteiger partial charge in [0.15, 0.2) is 0 Å². The van der Waals surface area contributed by atoms with Crippen molar-refractivity contribution in [1.29, 1.82) is 0 Å². The first-order valence-corrected chi connectivity index (χ1v) is 8.99. The maximum atomic E-state index is 6.09. The van der Waals surface area contributed by atoms with Crippen molar-refractivity contribution >= 4 is 28.6 Å². The van der Waals surface area contributed by atoms with E-state index in [1.807, 2.05) is 12.1 Å². The molecule has 1 fully saturated rings. The second kappa shape index (κ2) is 6.92. The second-order valence-electron chi connectivity index (χ2n) is 6.51. The highest BCUT2D eigenvalue weighted by Gasteiger charge is 2.23. The lowest BCUT2D eigenvalue weighted by Gasteiger charge is -2.32. The zero-order valence-electron chi connectivity index (χ0n) is 14.2. The smallest absolute Gasteiger partial charge is 0.206 e. The fraction of sp³-hybridized carbons (Fsp3) is 0.368. The number of piperidine rings is 1. The molecule has 0 N–H and O–H groups in total. The fourth-order valence-electron chi connectivity index (χ4n) is 3.40. The standard InChI is InChI=1S/C19H21ClN4O/c1-23-17-5-3-2-4-16(17)22-19(23)24-10-7-14(8-11-24)13-25-18-6-9-21-12-15(18)20/h2-6,9,12,14H,7-8,10-11,13H2,1H3. The zero-order valence-corrected chi connectivity index (χ0v) is 15.0. The number of nitrogens with zero attached hydrogens (tertiary/aromatic N) is 4. The molecular formula is C19H21ClN4O. The van der Waals surface area contributed by atoms with Crippen LogP contribution >= 0.6 is 11.6 Å². The Morgan fingerprint density at radius 3 is 2.76 bits per heavy atom. The van der Waals surface area contributed by atoms with Crippen molar-refractivity contribution in [2.45, 2.75) is 12.8 Å². The van der Waals surface area contributed by atoms with Gasteiger partial charge in [0, 0.05) is 38.6 Å². The highest BCUT2D eigenvalue weighted by molar-refractivity contribution is 6.31. The number of hydrogen-bond donors (Lipinski definition) is 0. The summed E-state index contributed by atoms with van der Waals surface area (Å²) in [5, 5.41) is 0.569. The van der Waals surface area contributed by atoms with Crippen molar-refractivity contribution in [3.8, 4) is 5.75 Å². The van der Waals surface area contributed by atoms with Gasteiger partial charge in [0.1, 0.15) is 10.8 Å². The van der Waals surface area contributed by atoms with Gasteiger partial charge in [-0.3, -0.25) is 4.98 Å². The van der Waals surface area contributed by atoms with Crippen molar-refractivity contribution in [1.82, 2.24) is 14.5 Å². The number of ether oxygens (including phenoxy) is 1. The molecule has 3 aromatic rings. The Balaban J connectivity index is 1.38. The van der Waals surface area contributed by atoms with Gasteiger partial charge in [0.2, 0.25) is 5.95 Å². The average Bonchev–Trinajstić information content (AvgIpc) is 2.99. The number of hydrogen-bond acceptors (Lipinski definition) is 4. The number of halogens is 1. The molecule has 1 aromatic carbocycles. The van der Waals surface area contributed by atoms with Crippen molar-refractivity contribution in [3.63, 3.8) is 0 Å². The Labute approximate surface area is 152 Å². The van der Waals surface area contributed by atoms with Gasteiger partial charge in [-0.2, -0.15) is 0 Å². The quantitative estimate of drug-likeness (QED) is 0.710. The molecule has 0 atom stereocenters. The summed E-state index contributed by atoms with van der Waals surface area (Å²) in [5.41, 5.74) is 2.23. The van der Waals surface area contributed by atoms with E-state index in [9.17, 15) is 0 Å². The van der Waals surface area contributed by atoms with Crippen LogP contribution in [0.15, 0.2) is 42.7 Å². The van der Waals surface area contributed by atoms with Crippen LogP contribution in [0.3, 0.4) is 0 Å². The number of fused-ring (bicyclic) bond motifs is 1. The molecule has 0 amide bonds. The molecule has 1 aliphatic heterocycles. The summed E-state index contributed by atoms with van der Waals surface area (Å²) in [7, 11) is 2.09. The van der Waals surface area contributed by atoms with Crippen LogP contribution in [0.1, 0.15) is 12.8 Å². The number of anilines is 1. The second-order valence-corrected chi connectivity index (χ2v) is 6.91. The Kier molecular flexibility index (Phi) is 4.49. The maximum absolute atomic E-state index is 6.09. The van der Waals surface area contributed by atoms with Gasteiger partial charge in [-0.25, -0.2) is 4.98 Å². The topological polar surface area (TPSA) is 43.2 Å². The van der Waals surface area contributed by atoms with Crippen LogP contribution in [0, 0.1) is 5.92 Å². The lowest BCUT2D eigenvalue weighted by molar-refractivity contribution is 0.222. The molecule has 0 bridgehead atoms. The van der Waals surface area contributed by atoms with Crippen molar-refractivity contribution in [2.24, 2.45) is 13.0 Å². The molecule has 4 rings (SSSR count). The lowest BCUT2D eigenvalue weighted by atomic mass is 9.98. The van der Waals surface area contributed by atoms with Crippen molar-refractivity contribution < 1.29 is 4.74 Å². The number of aryl methyl sites for hydroxylation is 1. The highest BCUT2D eigenvalue weighted by Crippen LogP contribution is 2.27. The molecule has 1 saturated heterocycles. The zero-order chi connectivity index (χ0) is 17.2. The van der Waals surface area contributed by atoms with E-state index in [2.05, 4.69) is 39.7 Å². The van der Waals surface area contributed by atoms with Crippen LogP contribution in [-0.4, -0.2) is 34.2 Å². The van der Waals surface area contributed by atoms with Crippen molar-refractivity contribution in [3.05, 3.63) is 47.7 Å². The Bertz CT molecular complexity index is 871. The molecule has 6 heteroatoms. The van der Waals surface area contributed by atoms with Gasteiger partial charge in [0.05, 0.1) is 17.6 Å². The van der Waals surface area contributed by atoms with E-state index in [1.165, 1.54) is 5.52 Å².